The van der Waals surface area contributed by atoms with E-state index >= 15 is 0 Å². The van der Waals surface area contributed by atoms with Gasteiger partial charge in [0.2, 0.25) is 0 Å². The highest BCUT2D eigenvalue weighted by Crippen LogP contribution is 2.24. The Bertz CT molecular complexity index is 291. The maximum absolute atomic E-state index is 4.75. The van der Waals surface area contributed by atoms with Gasteiger partial charge in [0.15, 0.2) is 5.82 Å². The molecule has 0 aromatic heterocycles. The molecular weight excluding hydrogens is 154 g/mol. The van der Waals surface area contributed by atoms with Crippen molar-refractivity contribution in [2.45, 2.75) is 6.92 Å². The van der Waals surface area contributed by atoms with E-state index in [0.29, 0.717) is 5.92 Å². The molecule has 0 saturated heterocycles. The molecule has 0 spiro atoms. The standard InChI is InChI=1S/C8H11N3O/c1-5-3-9-4-6-7(5)10-8(6)11-12-2/h4-5H,3H2,1-2H3,(H,10,11)/t5-/m0/s1. The summed E-state index contributed by atoms with van der Waals surface area (Å²) in [7, 11) is 1.57. The molecule has 2 rings (SSSR count). The molecule has 2 aliphatic rings. The van der Waals surface area contributed by atoms with Crippen LogP contribution in [0.15, 0.2) is 21.4 Å². The lowest BCUT2D eigenvalue weighted by Crippen LogP contribution is -2.33. The highest BCUT2D eigenvalue weighted by atomic mass is 16.6. The number of nitrogens with one attached hydrogen (secondary N) is 1. The zero-order valence-corrected chi connectivity index (χ0v) is 7.16. The summed E-state index contributed by atoms with van der Waals surface area (Å²) in [6, 6.07) is 0. The Hall–Kier alpha value is -1.16. The average Bonchev–Trinajstić information content (AvgIpc) is 2.04. The fourth-order valence-electron chi connectivity index (χ4n) is 1.38. The zero-order valence-electron chi connectivity index (χ0n) is 7.16. The lowest BCUT2D eigenvalue weighted by atomic mass is 9.93. The van der Waals surface area contributed by atoms with E-state index in [0.717, 1.165) is 23.7 Å². The summed E-state index contributed by atoms with van der Waals surface area (Å²) < 4.78 is 0. The van der Waals surface area contributed by atoms with Crippen molar-refractivity contribution in [2.24, 2.45) is 15.9 Å². The third kappa shape index (κ3) is 0.956. The minimum absolute atomic E-state index is 0.451. The Morgan fingerprint density at radius 3 is 3.25 bits per heavy atom. The SMILES string of the molecule is CONC1=C2C=NC[C@H](C)C2=N1. The number of allylic oxidation sites excluding steroid dienone is 1. The summed E-state index contributed by atoms with van der Waals surface area (Å²) in [5, 5.41) is 0. The molecule has 1 N–H and O–H groups in total. The monoisotopic (exact) mass is 165 g/mol. The van der Waals surface area contributed by atoms with Crippen molar-refractivity contribution in [2.75, 3.05) is 13.7 Å². The van der Waals surface area contributed by atoms with Crippen LogP contribution >= 0.6 is 0 Å². The first-order valence-corrected chi connectivity index (χ1v) is 3.95. The maximum Gasteiger partial charge on any atom is 0.160 e. The number of hydrogen-bond acceptors (Lipinski definition) is 4. The van der Waals surface area contributed by atoms with E-state index in [1.54, 1.807) is 7.11 Å². The van der Waals surface area contributed by atoms with Crippen molar-refractivity contribution >= 4 is 11.9 Å². The molecule has 4 nitrogen and oxygen atoms in total. The molecule has 64 valence electrons. The van der Waals surface area contributed by atoms with Crippen molar-refractivity contribution in [3.05, 3.63) is 11.4 Å². The second kappa shape index (κ2) is 2.71. The van der Waals surface area contributed by atoms with E-state index < -0.39 is 0 Å². The summed E-state index contributed by atoms with van der Waals surface area (Å²) in [5.41, 5.74) is 4.94. The summed E-state index contributed by atoms with van der Waals surface area (Å²) in [4.78, 5) is 13.3. The number of rotatable bonds is 2. The van der Waals surface area contributed by atoms with Crippen molar-refractivity contribution in [1.29, 1.82) is 0 Å². The normalized spacial score (nSPS) is 26.2. The minimum atomic E-state index is 0.451. The summed E-state index contributed by atoms with van der Waals surface area (Å²) in [6.07, 6.45) is 1.85. The molecule has 0 amide bonds. The van der Waals surface area contributed by atoms with Gasteiger partial charge < -0.3 is 0 Å². The first-order chi connectivity index (χ1) is 5.83. The topological polar surface area (TPSA) is 46.0 Å². The van der Waals surface area contributed by atoms with Gasteiger partial charge in [0.25, 0.3) is 0 Å². The number of hydroxylamine groups is 1. The number of hydrogen-bond donors (Lipinski definition) is 1. The third-order valence-electron chi connectivity index (χ3n) is 2.03. The number of aliphatic imine (C=N–C) groups is 2. The van der Waals surface area contributed by atoms with Crippen molar-refractivity contribution < 1.29 is 4.84 Å². The van der Waals surface area contributed by atoms with Gasteiger partial charge in [0.05, 0.1) is 18.4 Å². The fourth-order valence-corrected chi connectivity index (χ4v) is 1.38. The van der Waals surface area contributed by atoms with E-state index in [1.165, 1.54) is 0 Å². The second-order valence-electron chi connectivity index (χ2n) is 2.96. The van der Waals surface area contributed by atoms with Crippen LogP contribution in [-0.4, -0.2) is 25.6 Å². The predicted octanol–water partition coefficient (Wildman–Crippen LogP) is 0.524. The highest BCUT2D eigenvalue weighted by molar-refractivity contribution is 6.22. The molecule has 0 fully saturated rings. The average molecular weight is 165 g/mol. The third-order valence-corrected chi connectivity index (χ3v) is 2.03. The van der Waals surface area contributed by atoms with Crippen molar-refractivity contribution in [3.63, 3.8) is 0 Å². The maximum atomic E-state index is 4.75. The molecule has 2 heterocycles. The van der Waals surface area contributed by atoms with Crippen LogP contribution in [0.25, 0.3) is 0 Å². The van der Waals surface area contributed by atoms with Crippen LogP contribution in [0.3, 0.4) is 0 Å². The van der Waals surface area contributed by atoms with Gasteiger partial charge in [-0.1, -0.05) is 6.92 Å². The summed E-state index contributed by atoms with van der Waals surface area (Å²) in [5.74, 6) is 1.25. The van der Waals surface area contributed by atoms with Crippen molar-refractivity contribution in [1.82, 2.24) is 5.48 Å². The molecule has 0 unspecified atom stereocenters. The molecule has 2 aliphatic heterocycles. The van der Waals surface area contributed by atoms with Crippen LogP contribution in [0.4, 0.5) is 0 Å². The Kier molecular flexibility index (Phi) is 1.69. The summed E-state index contributed by atoms with van der Waals surface area (Å²) >= 11 is 0. The minimum Gasteiger partial charge on any atom is -0.292 e. The van der Waals surface area contributed by atoms with Gasteiger partial charge in [0, 0.05) is 18.7 Å². The van der Waals surface area contributed by atoms with Gasteiger partial charge in [0.1, 0.15) is 0 Å². The first kappa shape index (κ1) is 7.49. The van der Waals surface area contributed by atoms with Gasteiger partial charge in [-0.15, -0.1) is 0 Å². The van der Waals surface area contributed by atoms with E-state index in [1.807, 2.05) is 6.21 Å². The van der Waals surface area contributed by atoms with Crippen molar-refractivity contribution in [3.8, 4) is 0 Å². The molecule has 0 aromatic carbocycles. The molecule has 0 bridgehead atoms. The van der Waals surface area contributed by atoms with Crippen LogP contribution < -0.4 is 5.48 Å². The Balaban J connectivity index is 2.17. The van der Waals surface area contributed by atoms with E-state index in [4.69, 9.17) is 4.84 Å². The van der Waals surface area contributed by atoms with Gasteiger partial charge in [-0.05, 0) is 0 Å². The molecular formula is C8H11N3O. The highest BCUT2D eigenvalue weighted by Gasteiger charge is 2.28. The fraction of sp³-hybridized carbons (Fsp3) is 0.500. The van der Waals surface area contributed by atoms with Crippen LogP contribution in [0.2, 0.25) is 0 Å². The predicted molar refractivity (Wildman–Crippen MR) is 47.1 cm³/mol. The molecule has 4 heteroatoms. The number of fused-ring (bicyclic) bond motifs is 1. The molecule has 0 aliphatic carbocycles. The quantitative estimate of drug-likeness (QED) is 0.606. The van der Waals surface area contributed by atoms with Gasteiger partial charge in [-0.3, -0.25) is 9.83 Å². The smallest absolute Gasteiger partial charge is 0.160 e. The van der Waals surface area contributed by atoms with Gasteiger partial charge in [-0.25, -0.2) is 10.5 Å². The van der Waals surface area contributed by atoms with Gasteiger partial charge in [-0.2, -0.15) is 0 Å². The van der Waals surface area contributed by atoms with Crippen LogP contribution in [0.1, 0.15) is 6.92 Å². The molecule has 1 atom stereocenters. The van der Waals surface area contributed by atoms with E-state index in [2.05, 4.69) is 22.4 Å². The zero-order chi connectivity index (χ0) is 8.55. The Labute approximate surface area is 71.0 Å². The Morgan fingerprint density at radius 2 is 2.50 bits per heavy atom. The van der Waals surface area contributed by atoms with Crippen LogP contribution in [0.5, 0.6) is 0 Å². The first-order valence-electron chi connectivity index (χ1n) is 3.95. The van der Waals surface area contributed by atoms with Crippen LogP contribution in [-0.2, 0) is 4.84 Å². The molecule has 0 saturated carbocycles. The Morgan fingerprint density at radius 1 is 1.67 bits per heavy atom. The largest absolute Gasteiger partial charge is 0.292 e. The van der Waals surface area contributed by atoms with Gasteiger partial charge >= 0.3 is 0 Å². The lowest BCUT2D eigenvalue weighted by Gasteiger charge is -2.26. The van der Waals surface area contributed by atoms with Crippen LogP contribution in [0, 0.1) is 5.92 Å². The molecule has 0 aromatic rings. The van der Waals surface area contributed by atoms with E-state index in [-0.39, 0.29) is 0 Å². The molecule has 0 radical (unpaired) electrons. The summed E-state index contributed by atoms with van der Waals surface area (Å²) in [6.45, 7) is 2.97. The second-order valence-corrected chi connectivity index (χ2v) is 2.96. The van der Waals surface area contributed by atoms with E-state index in [9.17, 15) is 0 Å². The molecule has 12 heavy (non-hydrogen) atoms. The lowest BCUT2D eigenvalue weighted by molar-refractivity contribution is 0.115. The number of nitrogens with zero attached hydrogens (tertiary/aromatic N) is 2.